The summed E-state index contributed by atoms with van der Waals surface area (Å²) >= 11 is 0. The second-order valence-corrected chi connectivity index (χ2v) is 16.8. The van der Waals surface area contributed by atoms with E-state index < -0.39 is 98.2 Å². The number of aliphatic hydroxyl groups is 1. The number of hydrogen-bond acceptors (Lipinski definition) is 20. The highest BCUT2D eigenvalue weighted by Gasteiger charge is 2.40. The SMILES string of the molecule is COC(=O)c1ccccc1COCC(COCc1ccccc1C(=O)OC)(COCC(CO)(COC(=O)c1ccccc1C(=O)OC)COC(=O)c1ccccc1C(=O)OC)COC(=O)c1ccccc1C(=O)OC. The number of aliphatic hydroxyl groups excluding tert-OH is 1. The molecule has 0 unspecified atom stereocenters. The van der Waals surface area contributed by atoms with E-state index in [0.717, 1.165) is 21.3 Å². The molecule has 0 aliphatic carbocycles. The van der Waals surface area contributed by atoms with Crippen LogP contribution in [0.15, 0.2) is 121 Å². The zero-order valence-corrected chi connectivity index (χ0v) is 41.8. The molecular formula is C55H56O20. The lowest BCUT2D eigenvalue weighted by Crippen LogP contribution is -2.46. The van der Waals surface area contributed by atoms with Crippen LogP contribution in [-0.4, -0.2) is 141 Å². The molecule has 0 aliphatic heterocycles. The molecule has 0 radical (unpaired) electrons. The fraction of sp³-hybridized carbons (Fsp3) is 0.309. The molecule has 0 atom stereocenters. The van der Waals surface area contributed by atoms with Gasteiger partial charge in [-0.2, -0.15) is 0 Å². The van der Waals surface area contributed by atoms with E-state index >= 15 is 0 Å². The lowest BCUT2D eigenvalue weighted by Gasteiger charge is -2.35. The largest absolute Gasteiger partial charge is 0.465 e. The number of hydrogen-bond donors (Lipinski definition) is 1. The van der Waals surface area contributed by atoms with Crippen LogP contribution < -0.4 is 0 Å². The molecule has 1 N–H and O–H groups in total. The van der Waals surface area contributed by atoms with E-state index in [1.807, 2.05) is 0 Å². The van der Waals surface area contributed by atoms with Crippen LogP contribution in [0, 0.1) is 10.8 Å². The average Bonchev–Trinajstić information content (AvgIpc) is 3.45. The highest BCUT2D eigenvalue weighted by atomic mass is 16.6. The molecular weight excluding hydrogens is 981 g/mol. The molecule has 0 bridgehead atoms. The Bertz CT molecular complexity index is 2680. The van der Waals surface area contributed by atoms with Gasteiger partial charge >= 0.3 is 47.8 Å². The van der Waals surface area contributed by atoms with Crippen molar-refractivity contribution < 1.29 is 95.6 Å². The van der Waals surface area contributed by atoms with Crippen LogP contribution in [0.5, 0.6) is 0 Å². The van der Waals surface area contributed by atoms with Crippen molar-refractivity contribution in [2.75, 3.05) is 88.4 Å². The van der Waals surface area contributed by atoms with E-state index in [4.69, 9.17) is 52.1 Å². The summed E-state index contributed by atoms with van der Waals surface area (Å²) in [6.45, 7) is -5.06. The monoisotopic (exact) mass is 1040 g/mol. The Balaban J connectivity index is 1.55. The fourth-order valence-electron chi connectivity index (χ4n) is 7.40. The van der Waals surface area contributed by atoms with Crippen molar-refractivity contribution in [1.82, 2.24) is 0 Å². The molecule has 20 nitrogen and oxygen atoms in total. The fourth-order valence-corrected chi connectivity index (χ4v) is 7.40. The van der Waals surface area contributed by atoms with E-state index in [1.54, 1.807) is 48.5 Å². The Morgan fingerprint density at radius 1 is 0.320 bits per heavy atom. The number of carbonyl (C=O) groups excluding carboxylic acids is 8. The van der Waals surface area contributed by atoms with Gasteiger partial charge in [0.2, 0.25) is 0 Å². The van der Waals surface area contributed by atoms with Crippen LogP contribution in [-0.2, 0) is 65.3 Å². The third-order valence-electron chi connectivity index (χ3n) is 11.5. The van der Waals surface area contributed by atoms with Crippen molar-refractivity contribution >= 4 is 47.8 Å². The second kappa shape index (κ2) is 28.2. The van der Waals surface area contributed by atoms with Crippen LogP contribution in [0.3, 0.4) is 0 Å². The molecule has 0 saturated carbocycles. The van der Waals surface area contributed by atoms with Gasteiger partial charge in [0, 0.05) is 0 Å². The Labute approximate surface area is 431 Å². The first kappa shape index (κ1) is 57.6. The first-order valence-corrected chi connectivity index (χ1v) is 22.9. The van der Waals surface area contributed by atoms with Gasteiger partial charge in [0.1, 0.15) is 19.8 Å². The van der Waals surface area contributed by atoms with Crippen molar-refractivity contribution in [2.45, 2.75) is 13.2 Å². The lowest BCUT2D eigenvalue weighted by molar-refractivity contribution is -0.126. The molecule has 5 aromatic rings. The summed E-state index contributed by atoms with van der Waals surface area (Å²) < 4.78 is 60.9. The lowest BCUT2D eigenvalue weighted by atomic mass is 9.90. The minimum atomic E-state index is -1.81. The Morgan fingerprint density at radius 3 is 0.867 bits per heavy atom. The number of ether oxygens (including phenoxy) is 11. The summed E-state index contributed by atoms with van der Waals surface area (Å²) in [5.41, 5.74) is -3.02. The number of esters is 8. The summed E-state index contributed by atoms with van der Waals surface area (Å²) in [5.74, 6) is -6.78. The molecule has 0 spiro atoms. The highest BCUT2D eigenvalue weighted by Crippen LogP contribution is 2.29. The predicted octanol–water partition coefficient (Wildman–Crippen LogP) is 5.91. The minimum absolute atomic E-state index is 0.0987. The third kappa shape index (κ3) is 15.4. The quantitative estimate of drug-likeness (QED) is 0.0474. The summed E-state index contributed by atoms with van der Waals surface area (Å²) in [5, 5.41) is 11.2. The molecule has 5 rings (SSSR count). The van der Waals surface area contributed by atoms with Gasteiger partial charge in [-0.25, -0.2) is 38.4 Å². The Morgan fingerprint density at radius 2 is 0.560 bits per heavy atom. The average molecular weight is 1040 g/mol. The van der Waals surface area contributed by atoms with Crippen molar-refractivity contribution in [3.8, 4) is 0 Å². The van der Waals surface area contributed by atoms with Crippen LogP contribution in [0.4, 0.5) is 0 Å². The van der Waals surface area contributed by atoms with E-state index in [-0.39, 0.29) is 70.9 Å². The number of carbonyl (C=O) groups is 8. The molecule has 20 heteroatoms. The number of methoxy groups -OCH3 is 5. The maximum Gasteiger partial charge on any atom is 0.339 e. The van der Waals surface area contributed by atoms with Gasteiger partial charge in [0.25, 0.3) is 0 Å². The maximum absolute atomic E-state index is 14.0. The van der Waals surface area contributed by atoms with E-state index in [1.165, 1.54) is 87.0 Å². The molecule has 0 aromatic heterocycles. The Hall–Kier alpha value is -8.30. The van der Waals surface area contributed by atoms with Crippen LogP contribution in [0.25, 0.3) is 0 Å². The van der Waals surface area contributed by atoms with E-state index in [9.17, 15) is 43.5 Å². The normalized spacial score (nSPS) is 11.1. The van der Waals surface area contributed by atoms with Gasteiger partial charge in [-0.3, -0.25) is 0 Å². The topological polar surface area (TPSA) is 258 Å². The van der Waals surface area contributed by atoms with Gasteiger partial charge in [0.05, 0.1) is 137 Å². The molecule has 0 saturated heterocycles. The molecule has 0 aliphatic rings. The van der Waals surface area contributed by atoms with Crippen molar-refractivity contribution in [3.63, 3.8) is 0 Å². The number of rotatable bonds is 27. The first-order chi connectivity index (χ1) is 36.2. The molecule has 75 heavy (non-hydrogen) atoms. The molecule has 396 valence electrons. The van der Waals surface area contributed by atoms with Crippen molar-refractivity contribution in [1.29, 1.82) is 0 Å². The van der Waals surface area contributed by atoms with Gasteiger partial charge in [-0.05, 0) is 59.7 Å². The summed E-state index contributed by atoms with van der Waals surface area (Å²) in [4.78, 5) is 105. The van der Waals surface area contributed by atoms with Gasteiger partial charge in [0.15, 0.2) is 0 Å². The molecule has 0 amide bonds. The van der Waals surface area contributed by atoms with Gasteiger partial charge < -0.3 is 57.2 Å². The van der Waals surface area contributed by atoms with E-state index in [2.05, 4.69) is 0 Å². The van der Waals surface area contributed by atoms with Crippen molar-refractivity contribution in [2.24, 2.45) is 10.8 Å². The van der Waals surface area contributed by atoms with Crippen LogP contribution >= 0.6 is 0 Å². The number of benzene rings is 5. The zero-order chi connectivity index (χ0) is 54.4. The van der Waals surface area contributed by atoms with Crippen molar-refractivity contribution in [3.05, 3.63) is 177 Å². The predicted molar refractivity (Wildman–Crippen MR) is 262 cm³/mol. The zero-order valence-electron chi connectivity index (χ0n) is 41.8. The highest BCUT2D eigenvalue weighted by molar-refractivity contribution is 6.04. The second-order valence-electron chi connectivity index (χ2n) is 16.8. The van der Waals surface area contributed by atoms with Gasteiger partial charge in [-0.15, -0.1) is 0 Å². The third-order valence-corrected chi connectivity index (χ3v) is 11.5. The smallest absolute Gasteiger partial charge is 0.339 e. The molecule has 5 aromatic carbocycles. The van der Waals surface area contributed by atoms with Gasteiger partial charge in [-0.1, -0.05) is 72.8 Å². The standard InChI is InChI=1S/C55H56O20/c1-65-46(57)38-18-8-6-16-36(38)26-70-30-55(31-71-27-37-17-7-9-19-39(37)47(58)66-2,35-75-53(64)45-25-15-12-22-42(45)50(61)69-5)32-72-29-54(28-56,33-73-51(62)43-23-13-10-20-40(43)48(59)67-3)34-74-52(63)44-24-14-11-21-41(44)49(60)68-4/h6-25,56H,26-35H2,1-5H3. The minimum Gasteiger partial charge on any atom is -0.465 e. The van der Waals surface area contributed by atoms with E-state index in [0.29, 0.717) is 11.1 Å². The van der Waals surface area contributed by atoms with Crippen LogP contribution in [0.2, 0.25) is 0 Å². The summed E-state index contributed by atoms with van der Waals surface area (Å²) in [7, 11) is 5.86. The molecule has 0 heterocycles. The first-order valence-electron chi connectivity index (χ1n) is 22.9. The molecule has 0 fully saturated rings. The summed E-state index contributed by atoms with van der Waals surface area (Å²) in [6.07, 6.45) is 0. The van der Waals surface area contributed by atoms with Crippen LogP contribution in [0.1, 0.15) is 94.0 Å². The summed E-state index contributed by atoms with van der Waals surface area (Å²) in [6, 6.07) is 30.1. The Kier molecular flexibility index (Phi) is 21.7. The maximum atomic E-state index is 14.0.